The SMILES string of the molecule is COCCNC(=O)CSc1nc2ccccc2nc1Cc1ccc(Cl)cc1. The van der Waals surface area contributed by atoms with Crippen LogP contribution >= 0.6 is 23.4 Å². The first-order valence-electron chi connectivity index (χ1n) is 8.54. The average molecular weight is 402 g/mol. The van der Waals surface area contributed by atoms with E-state index in [1.807, 2.05) is 48.5 Å². The zero-order valence-electron chi connectivity index (χ0n) is 14.9. The van der Waals surface area contributed by atoms with Crippen molar-refractivity contribution in [3.8, 4) is 0 Å². The minimum Gasteiger partial charge on any atom is -0.383 e. The summed E-state index contributed by atoms with van der Waals surface area (Å²) in [5.74, 6) is 0.231. The first-order chi connectivity index (χ1) is 13.2. The van der Waals surface area contributed by atoms with Crippen molar-refractivity contribution in [1.29, 1.82) is 0 Å². The minimum atomic E-state index is -0.0514. The molecule has 0 unspecified atom stereocenters. The van der Waals surface area contributed by atoms with Crippen LogP contribution in [-0.4, -0.2) is 41.9 Å². The minimum absolute atomic E-state index is 0.0514. The largest absolute Gasteiger partial charge is 0.383 e. The molecule has 3 rings (SSSR count). The second kappa shape index (κ2) is 9.69. The van der Waals surface area contributed by atoms with Gasteiger partial charge in [-0.05, 0) is 29.8 Å². The van der Waals surface area contributed by atoms with Gasteiger partial charge in [-0.1, -0.05) is 47.6 Å². The van der Waals surface area contributed by atoms with Crippen molar-refractivity contribution in [1.82, 2.24) is 15.3 Å². The third kappa shape index (κ3) is 5.66. The summed E-state index contributed by atoms with van der Waals surface area (Å²) >= 11 is 7.37. The Morgan fingerprint density at radius 3 is 2.52 bits per heavy atom. The predicted molar refractivity (Wildman–Crippen MR) is 109 cm³/mol. The number of fused-ring (bicyclic) bond motifs is 1. The van der Waals surface area contributed by atoms with Crippen molar-refractivity contribution in [2.75, 3.05) is 26.0 Å². The van der Waals surface area contributed by atoms with E-state index in [1.165, 1.54) is 11.8 Å². The molecule has 0 aliphatic carbocycles. The number of carbonyl (C=O) groups excluding carboxylic acids is 1. The topological polar surface area (TPSA) is 64.1 Å². The molecule has 0 saturated carbocycles. The second-order valence-electron chi connectivity index (χ2n) is 5.90. The standard InChI is InChI=1S/C20H20ClN3O2S/c1-26-11-10-22-19(25)13-27-20-18(12-14-6-8-15(21)9-7-14)23-16-4-2-3-5-17(16)24-20/h2-9H,10-13H2,1H3,(H,22,25). The van der Waals surface area contributed by atoms with Crippen LogP contribution < -0.4 is 5.32 Å². The van der Waals surface area contributed by atoms with E-state index in [-0.39, 0.29) is 11.7 Å². The molecule has 0 spiro atoms. The lowest BCUT2D eigenvalue weighted by Gasteiger charge is -2.10. The maximum absolute atomic E-state index is 12.0. The van der Waals surface area contributed by atoms with Crippen LogP contribution in [0.1, 0.15) is 11.3 Å². The highest BCUT2D eigenvalue weighted by molar-refractivity contribution is 7.99. The van der Waals surface area contributed by atoms with E-state index in [0.717, 1.165) is 27.3 Å². The Morgan fingerprint density at radius 2 is 1.81 bits per heavy atom. The molecule has 1 aromatic heterocycles. The van der Waals surface area contributed by atoms with Crippen molar-refractivity contribution in [3.05, 3.63) is 64.8 Å². The third-order valence-electron chi connectivity index (χ3n) is 3.86. The first-order valence-corrected chi connectivity index (χ1v) is 9.90. The van der Waals surface area contributed by atoms with Crippen LogP contribution in [0.25, 0.3) is 11.0 Å². The molecule has 5 nitrogen and oxygen atoms in total. The summed E-state index contributed by atoms with van der Waals surface area (Å²) in [4.78, 5) is 21.5. The van der Waals surface area contributed by atoms with E-state index in [4.69, 9.17) is 26.3 Å². The number of benzene rings is 2. The predicted octanol–water partition coefficient (Wildman–Crippen LogP) is 3.73. The van der Waals surface area contributed by atoms with Crippen LogP contribution in [0.5, 0.6) is 0 Å². The van der Waals surface area contributed by atoms with Crippen molar-refractivity contribution < 1.29 is 9.53 Å². The van der Waals surface area contributed by atoms with Crippen molar-refractivity contribution >= 4 is 40.3 Å². The van der Waals surface area contributed by atoms with Gasteiger partial charge in [-0.3, -0.25) is 4.79 Å². The molecule has 0 atom stereocenters. The molecular formula is C20H20ClN3O2S. The summed E-state index contributed by atoms with van der Waals surface area (Å²) in [5.41, 5.74) is 3.61. The van der Waals surface area contributed by atoms with Gasteiger partial charge in [0.15, 0.2) is 0 Å². The normalized spacial score (nSPS) is 10.9. The zero-order chi connectivity index (χ0) is 19.1. The van der Waals surface area contributed by atoms with E-state index in [9.17, 15) is 4.79 Å². The highest BCUT2D eigenvalue weighted by Crippen LogP contribution is 2.25. The van der Waals surface area contributed by atoms with Gasteiger partial charge in [0, 0.05) is 25.1 Å². The Hall–Kier alpha value is -2.15. The molecule has 1 amide bonds. The van der Waals surface area contributed by atoms with E-state index in [0.29, 0.717) is 24.6 Å². The molecule has 140 valence electrons. The lowest BCUT2D eigenvalue weighted by atomic mass is 10.1. The summed E-state index contributed by atoms with van der Waals surface area (Å²) in [6.45, 7) is 0.991. The maximum atomic E-state index is 12.0. The van der Waals surface area contributed by atoms with Gasteiger partial charge in [0.1, 0.15) is 5.03 Å². The van der Waals surface area contributed by atoms with Gasteiger partial charge in [0.25, 0.3) is 0 Å². The summed E-state index contributed by atoms with van der Waals surface area (Å²) < 4.78 is 4.94. The number of para-hydroxylation sites is 2. The number of ether oxygens (including phenoxy) is 1. The molecule has 1 N–H and O–H groups in total. The van der Waals surface area contributed by atoms with Crippen LogP contribution in [0.4, 0.5) is 0 Å². The number of methoxy groups -OCH3 is 1. The molecular weight excluding hydrogens is 382 g/mol. The highest BCUT2D eigenvalue weighted by atomic mass is 35.5. The number of hydrogen-bond acceptors (Lipinski definition) is 5. The van der Waals surface area contributed by atoms with Crippen molar-refractivity contribution in [2.24, 2.45) is 0 Å². The zero-order valence-corrected chi connectivity index (χ0v) is 16.5. The Labute approximate surface area is 167 Å². The molecule has 3 aromatic rings. The van der Waals surface area contributed by atoms with Gasteiger partial charge in [-0.2, -0.15) is 0 Å². The first kappa shape index (κ1) is 19.6. The fourth-order valence-electron chi connectivity index (χ4n) is 2.52. The summed E-state index contributed by atoms with van der Waals surface area (Å²) in [5, 5.41) is 4.29. The quantitative estimate of drug-likeness (QED) is 0.460. The van der Waals surface area contributed by atoms with E-state index in [2.05, 4.69) is 5.32 Å². The van der Waals surface area contributed by atoms with E-state index >= 15 is 0 Å². The smallest absolute Gasteiger partial charge is 0.230 e. The van der Waals surface area contributed by atoms with Gasteiger partial charge in [0.05, 0.1) is 29.1 Å². The Bertz CT molecular complexity index is 919. The molecule has 0 aliphatic rings. The number of nitrogens with one attached hydrogen (secondary N) is 1. The number of carbonyl (C=O) groups is 1. The number of thioether (sulfide) groups is 1. The van der Waals surface area contributed by atoms with Crippen LogP contribution in [0.3, 0.4) is 0 Å². The molecule has 0 radical (unpaired) electrons. The van der Waals surface area contributed by atoms with Gasteiger partial charge in [-0.15, -0.1) is 0 Å². The second-order valence-corrected chi connectivity index (χ2v) is 7.30. The van der Waals surface area contributed by atoms with Gasteiger partial charge in [0.2, 0.25) is 5.91 Å². The fourth-order valence-corrected chi connectivity index (χ4v) is 3.47. The molecule has 0 bridgehead atoms. The molecule has 0 saturated heterocycles. The highest BCUT2D eigenvalue weighted by Gasteiger charge is 2.12. The number of amides is 1. The molecule has 27 heavy (non-hydrogen) atoms. The summed E-state index contributed by atoms with van der Waals surface area (Å²) in [6.07, 6.45) is 0.628. The Balaban J connectivity index is 1.80. The average Bonchev–Trinajstić information content (AvgIpc) is 2.68. The number of hydrogen-bond donors (Lipinski definition) is 1. The van der Waals surface area contributed by atoms with Gasteiger partial charge < -0.3 is 10.1 Å². The molecule has 0 aliphatic heterocycles. The van der Waals surface area contributed by atoms with Crippen LogP contribution in [0.15, 0.2) is 53.6 Å². The van der Waals surface area contributed by atoms with Crippen LogP contribution in [0, 0.1) is 0 Å². The van der Waals surface area contributed by atoms with Gasteiger partial charge >= 0.3 is 0 Å². The maximum Gasteiger partial charge on any atom is 0.230 e. The Morgan fingerprint density at radius 1 is 1.11 bits per heavy atom. The van der Waals surface area contributed by atoms with Crippen LogP contribution in [0.2, 0.25) is 5.02 Å². The molecule has 7 heteroatoms. The van der Waals surface area contributed by atoms with E-state index < -0.39 is 0 Å². The van der Waals surface area contributed by atoms with Gasteiger partial charge in [-0.25, -0.2) is 9.97 Å². The number of halogens is 1. The van der Waals surface area contributed by atoms with Crippen molar-refractivity contribution in [2.45, 2.75) is 11.4 Å². The monoisotopic (exact) mass is 401 g/mol. The number of nitrogens with zero attached hydrogens (tertiary/aromatic N) is 2. The summed E-state index contributed by atoms with van der Waals surface area (Å²) in [7, 11) is 1.61. The molecule has 0 fully saturated rings. The van der Waals surface area contributed by atoms with E-state index in [1.54, 1.807) is 7.11 Å². The molecule has 1 heterocycles. The molecule has 2 aromatic carbocycles. The number of aromatic nitrogens is 2. The lowest BCUT2D eigenvalue weighted by Crippen LogP contribution is -2.28. The lowest BCUT2D eigenvalue weighted by molar-refractivity contribution is -0.118. The number of rotatable bonds is 8. The van der Waals surface area contributed by atoms with Crippen LogP contribution in [-0.2, 0) is 16.0 Å². The summed E-state index contributed by atoms with van der Waals surface area (Å²) in [6, 6.07) is 15.4. The fraction of sp³-hybridized carbons (Fsp3) is 0.250. The van der Waals surface area contributed by atoms with Crippen molar-refractivity contribution in [3.63, 3.8) is 0 Å². The Kier molecular flexibility index (Phi) is 7.04. The third-order valence-corrected chi connectivity index (χ3v) is 5.12.